The molecule has 74 valence electrons. The summed E-state index contributed by atoms with van der Waals surface area (Å²) in [6, 6.07) is 3.60. The summed E-state index contributed by atoms with van der Waals surface area (Å²) in [7, 11) is 1.29. The number of ketones is 1. The SMILES string of the molecule is COc1cc(O)ccc1C(=O)C(=O)O. The van der Waals surface area contributed by atoms with Gasteiger partial charge in [-0.1, -0.05) is 0 Å². The number of hydrogen-bond acceptors (Lipinski definition) is 4. The number of carbonyl (C=O) groups is 2. The molecule has 1 rings (SSSR count). The fraction of sp³-hybridized carbons (Fsp3) is 0.111. The summed E-state index contributed by atoms with van der Waals surface area (Å²) in [6.45, 7) is 0. The number of Topliss-reactive ketones (excluding diaryl/α,β-unsaturated/α-hetero) is 1. The van der Waals surface area contributed by atoms with Gasteiger partial charge in [-0.05, 0) is 12.1 Å². The van der Waals surface area contributed by atoms with Gasteiger partial charge < -0.3 is 14.9 Å². The van der Waals surface area contributed by atoms with Crippen LogP contribution in [0.4, 0.5) is 0 Å². The van der Waals surface area contributed by atoms with E-state index in [1.807, 2.05) is 0 Å². The number of ether oxygens (including phenoxy) is 1. The smallest absolute Gasteiger partial charge is 0.377 e. The van der Waals surface area contributed by atoms with E-state index in [-0.39, 0.29) is 17.1 Å². The third kappa shape index (κ3) is 1.82. The quantitative estimate of drug-likeness (QED) is 0.548. The topological polar surface area (TPSA) is 83.8 Å². The number of aliphatic carboxylic acids is 1. The van der Waals surface area contributed by atoms with Crippen LogP contribution in [0.25, 0.3) is 0 Å². The summed E-state index contributed by atoms with van der Waals surface area (Å²) in [5.41, 5.74) is -0.0854. The number of phenols is 1. The van der Waals surface area contributed by atoms with Crippen LogP contribution in [0.2, 0.25) is 0 Å². The normalized spacial score (nSPS) is 9.50. The van der Waals surface area contributed by atoms with Gasteiger partial charge in [0.1, 0.15) is 11.5 Å². The molecule has 1 aromatic carbocycles. The van der Waals surface area contributed by atoms with Crippen molar-refractivity contribution in [2.45, 2.75) is 0 Å². The Hall–Kier alpha value is -2.04. The lowest BCUT2D eigenvalue weighted by molar-refractivity contribution is -0.131. The highest BCUT2D eigenvalue weighted by Gasteiger charge is 2.19. The van der Waals surface area contributed by atoms with E-state index in [0.29, 0.717) is 0 Å². The van der Waals surface area contributed by atoms with Gasteiger partial charge >= 0.3 is 5.97 Å². The van der Waals surface area contributed by atoms with Gasteiger partial charge in [-0.2, -0.15) is 0 Å². The van der Waals surface area contributed by atoms with Crippen LogP contribution in [0.5, 0.6) is 11.5 Å². The lowest BCUT2D eigenvalue weighted by Crippen LogP contribution is -2.13. The lowest BCUT2D eigenvalue weighted by atomic mass is 10.1. The largest absolute Gasteiger partial charge is 0.508 e. The number of benzene rings is 1. The standard InChI is InChI=1S/C9H8O5/c1-14-7-4-5(10)2-3-6(7)8(11)9(12)13/h2-4,10H,1H3,(H,12,13). The molecule has 0 bridgehead atoms. The molecular formula is C9H8O5. The van der Waals surface area contributed by atoms with E-state index in [9.17, 15) is 9.59 Å². The first-order chi connectivity index (χ1) is 6.56. The van der Waals surface area contributed by atoms with Crippen LogP contribution in [-0.4, -0.2) is 29.1 Å². The molecule has 0 heterocycles. The van der Waals surface area contributed by atoms with Crippen molar-refractivity contribution in [3.05, 3.63) is 23.8 Å². The van der Waals surface area contributed by atoms with Gasteiger partial charge in [0.15, 0.2) is 0 Å². The first kappa shape index (κ1) is 10.0. The van der Waals surface area contributed by atoms with Gasteiger partial charge in [-0.15, -0.1) is 0 Å². The molecule has 2 N–H and O–H groups in total. The van der Waals surface area contributed by atoms with Gasteiger partial charge in [0.2, 0.25) is 0 Å². The van der Waals surface area contributed by atoms with E-state index >= 15 is 0 Å². The van der Waals surface area contributed by atoms with Crippen molar-refractivity contribution in [3.8, 4) is 11.5 Å². The maximum absolute atomic E-state index is 11.1. The van der Waals surface area contributed by atoms with Crippen LogP contribution in [0.3, 0.4) is 0 Å². The Morgan fingerprint density at radius 3 is 2.50 bits per heavy atom. The van der Waals surface area contributed by atoms with Crippen molar-refractivity contribution in [1.82, 2.24) is 0 Å². The van der Waals surface area contributed by atoms with Crippen LogP contribution in [0.1, 0.15) is 10.4 Å². The van der Waals surface area contributed by atoms with Gasteiger partial charge in [-0.3, -0.25) is 4.79 Å². The van der Waals surface area contributed by atoms with Crippen molar-refractivity contribution in [3.63, 3.8) is 0 Å². The Morgan fingerprint density at radius 1 is 1.36 bits per heavy atom. The third-order valence-electron chi connectivity index (χ3n) is 1.62. The molecule has 0 aliphatic heterocycles. The van der Waals surface area contributed by atoms with Crippen LogP contribution in [0.15, 0.2) is 18.2 Å². The molecule has 5 nitrogen and oxygen atoms in total. The van der Waals surface area contributed by atoms with Crippen LogP contribution >= 0.6 is 0 Å². The monoisotopic (exact) mass is 196 g/mol. The fourth-order valence-corrected chi connectivity index (χ4v) is 0.983. The molecule has 0 aliphatic carbocycles. The molecule has 0 fully saturated rings. The van der Waals surface area contributed by atoms with Crippen LogP contribution in [-0.2, 0) is 4.79 Å². The molecule has 5 heteroatoms. The molecule has 0 radical (unpaired) electrons. The second kappa shape index (κ2) is 3.78. The predicted octanol–water partition coefficient (Wildman–Crippen LogP) is 0.668. The zero-order chi connectivity index (χ0) is 10.7. The maximum Gasteiger partial charge on any atom is 0.377 e. The number of carboxylic acids is 1. The minimum atomic E-state index is -1.56. The molecule has 14 heavy (non-hydrogen) atoms. The second-order valence-corrected chi connectivity index (χ2v) is 2.52. The Balaban J connectivity index is 3.20. The number of rotatable bonds is 3. The highest BCUT2D eigenvalue weighted by molar-refractivity contribution is 6.40. The van der Waals surface area contributed by atoms with Gasteiger partial charge in [-0.25, -0.2) is 4.79 Å². The third-order valence-corrected chi connectivity index (χ3v) is 1.62. The Bertz CT molecular complexity index is 383. The van der Waals surface area contributed by atoms with Gasteiger partial charge in [0.05, 0.1) is 12.7 Å². The van der Waals surface area contributed by atoms with Crippen molar-refractivity contribution < 1.29 is 24.5 Å². The summed E-state index contributed by atoms with van der Waals surface area (Å²) in [6.07, 6.45) is 0. The van der Waals surface area contributed by atoms with Gasteiger partial charge in [0.25, 0.3) is 5.78 Å². The fourth-order valence-electron chi connectivity index (χ4n) is 0.983. The number of carbonyl (C=O) groups excluding carboxylic acids is 1. The average Bonchev–Trinajstić information content (AvgIpc) is 2.16. The molecular weight excluding hydrogens is 188 g/mol. The Morgan fingerprint density at radius 2 is 2.00 bits per heavy atom. The van der Waals surface area contributed by atoms with E-state index < -0.39 is 11.8 Å². The average molecular weight is 196 g/mol. The molecule has 0 aromatic heterocycles. The van der Waals surface area contributed by atoms with Crippen molar-refractivity contribution in [1.29, 1.82) is 0 Å². The molecule has 0 saturated carbocycles. The van der Waals surface area contributed by atoms with Crippen molar-refractivity contribution in [2.24, 2.45) is 0 Å². The Labute approximate surface area is 79.6 Å². The predicted molar refractivity (Wildman–Crippen MR) is 46.6 cm³/mol. The molecule has 0 aliphatic rings. The van der Waals surface area contributed by atoms with E-state index in [4.69, 9.17) is 14.9 Å². The molecule has 0 saturated heterocycles. The minimum Gasteiger partial charge on any atom is -0.508 e. The maximum atomic E-state index is 11.1. The number of methoxy groups -OCH3 is 1. The first-order valence-corrected chi connectivity index (χ1v) is 3.71. The summed E-state index contributed by atoms with van der Waals surface area (Å²) in [4.78, 5) is 21.5. The number of phenolic OH excluding ortho intramolecular Hbond substituents is 1. The molecule has 0 amide bonds. The van der Waals surface area contributed by atoms with E-state index in [2.05, 4.69) is 0 Å². The van der Waals surface area contributed by atoms with E-state index in [1.54, 1.807) is 0 Å². The zero-order valence-electron chi connectivity index (χ0n) is 7.35. The summed E-state index contributed by atoms with van der Waals surface area (Å²) in [5.74, 6) is -2.68. The summed E-state index contributed by atoms with van der Waals surface area (Å²) >= 11 is 0. The lowest BCUT2D eigenvalue weighted by Gasteiger charge is -2.05. The molecule has 1 aromatic rings. The van der Waals surface area contributed by atoms with Crippen molar-refractivity contribution >= 4 is 11.8 Å². The second-order valence-electron chi connectivity index (χ2n) is 2.52. The Kier molecular flexibility index (Phi) is 2.71. The van der Waals surface area contributed by atoms with Gasteiger partial charge in [0, 0.05) is 6.07 Å². The molecule has 0 atom stereocenters. The number of aromatic hydroxyl groups is 1. The molecule has 0 spiro atoms. The number of carboxylic acid groups (broad SMARTS) is 1. The van der Waals surface area contributed by atoms with E-state index in [0.717, 1.165) is 0 Å². The highest BCUT2D eigenvalue weighted by Crippen LogP contribution is 2.23. The minimum absolute atomic E-state index is 0.0393. The summed E-state index contributed by atoms with van der Waals surface area (Å²) in [5, 5.41) is 17.5. The summed E-state index contributed by atoms with van der Waals surface area (Å²) < 4.78 is 4.75. The van der Waals surface area contributed by atoms with Crippen LogP contribution in [0, 0.1) is 0 Å². The van der Waals surface area contributed by atoms with E-state index in [1.165, 1.54) is 25.3 Å². The molecule has 0 unspecified atom stereocenters. The van der Waals surface area contributed by atoms with Crippen molar-refractivity contribution in [2.75, 3.05) is 7.11 Å². The van der Waals surface area contributed by atoms with Crippen LogP contribution < -0.4 is 4.74 Å². The highest BCUT2D eigenvalue weighted by atomic mass is 16.5. The number of hydrogen-bond donors (Lipinski definition) is 2. The first-order valence-electron chi connectivity index (χ1n) is 3.71. The zero-order valence-corrected chi connectivity index (χ0v) is 7.35.